The van der Waals surface area contributed by atoms with E-state index in [2.05, 4.69) is 5.32 Å². The Morgan fingerprint density at radius 3 is 2.53 bits per heavy atom. The zero-order chi connectivity index (χ0) is 11.9. The molecule has 1 unspecified atom stereocenters. The molecule has 0 fully saturated rings. The second-order valence-corrected chi connectivity index (χ2v) is 4.25. The molecule has 0 aromatic heterocycles. The van der Waals surface area contributed by atoms with Crippen molar-refractivity contribution in [3.8, 4) is 0 Å². The van der Waals surface area contributed by atoms with Crippen LogP contribution in [0.2, 0.25) is 0 Å². The summed E-state index contributed by atoms with van der Waals surface area (Å²) in [4.78, 5) is 11.1. The van der Waals surface area contributed by atoms with Gasteiger partial charge in [0, 0.05) is 13.2 Å². The topological polar surface area (TPSA) is 47.6 Å². The highest BCUT2D eigenvalue weighted by molar-refractivity contribution is 5.71. The maximum Gasteiger partial charge on any atom is 0.319 e. The van der Waals surface area contributed by atoms with Crippen LogP contribution < -0.4 is 5.32 Å². The van der Waals surface area contributed by atoms with Gasteiger partial charge in [0.05, 0.1) is 18.8 Å². The monoisotopic (exact) mass is 217 g/mol. The van der Waals surface area contributed by atoms with Crippen LogP contribution in [0.1, 0.15) is 34.1 Å². The van der Waals surface area contributed by atoms with Crippen LogP contribution in [0.5, 0.6) is 0 Å². The molecule has 90 valence electrons. The fraction of sp³-hybridized carbons (Fsp3) is 0.909. The third-order valence-corrected chi connectivity index (χ3v) is 2.25. The summed E-state index contributed by atoms with van der Waals surface area (Å²) >= 11 is 0. The largest absolute Gasteiger partial charge is 0.465 e. The lowest BCUT2D eigenvalue weighted by Crippen LogP contribution is -2.38. The van der Waals surface area contributed by atoms with Crippen molar-refractivity contribution in [1.29, 1.82) is 0 Å². The molecule has 0 rings (SSSR count). The summed E-state index contributed by atoms with van der Waals surface area (Å²) in [5, 5.41) is 3.10. The molecule has 0 saturated heterocycles. The number of hydrogen-bond donors (Lipinski definition) is 1. The lowest BCUT2D eigenvalue weighted by Gasteiger charge is -2.26. The number of nitrogens with one attached hydrogen (secondary N) is 1. The van der Waals surface area contributed by atoms with Crippen molar-refractivity contribution in [3.05, 3.63) is 0 Å². The Hall–Kier alpha value is -0.610. The van der Waals surface area contributed by atoms with Gasteiger partial charge in [0.15, 0.2) is 0 Å². The zero-order valence-electron chi connectivity index (χ0n) is 10.4. The van der Waals surface area contributed by atoms with E-state index in [0.29, 0.717) is 6.61 Å². The van der Waals surface area contributed by atoms with E-state index in [-0.39, 0.29) is 24.2 Å². The second kappa shape index (κ2) is 6.80. The minimum Gasteiger partial charge on any atom is -0.465 e. The Morgan fingerprint density at radius 1 is 1.47 bits per heavy atom. The number of methoxy groups -OCH3 is 1. The predicted molar refractivity (Wildman–Crippen MR) is 59.8 cm³/mol. The predicted octanol–water partition coefficient (Wildman–Crippen LogP) is 1.34. The van der Waals surface area contributed by atoms with E-state index in [4.69, 9.17) is 9.47 Å². The van der Waals surface area contributed by atoms with E-state index < -0.39 is 0 Å². The molecule has 1 atom stereocenters. The molecule has 0 saturated carbocycles. The first kappa shape index (κ1) is 14.4. The molecule has 1 N–H and O–H groups in total. The molecule has 15 heavy (non-hydrogen) atoms. The van der Waals surface area contributed by atoms with Gasteiger partial charge in [-0.2, -0.15) is 0 Å². The van der Waals surface area contributed by atoms with E-state index in [9.17, 15) is 4.79 Å². The molecule has 0 aliphatic heterocycles. The van der Waals surface area contributed by atoms with Gasteiger partial charge in [-0.3, -0.25) is 4.79 Å². The molecule has 0 bridgehead atoms. The Bertz CT molecular complexity index is 192. The van der Waals surface area contributed by atoms with E-state index in [1.54, 1.807) is 14.0 Å². The highest BCUT2D eigenvalue weighted by Gasteiger charge is 2.20. The fourth-order valence-electron chi connectivity index (χ4n) is 1.36. The number of rotatable bonds is 7. The van der Waals surface area contributed by atoms with Crippen LogP contribution in [0.25, 0.3) is 0 Å². The number of esters is 1. The van der Waals surface area contributed by atoms with Gasteiger partial charge >= 0.3 is 5.97 Å². The molecule has 0 aromatic rings. The van der Waals surface area contributed by atoms with Crippen molar-refractivity contribution in [3.63, 3.8) is 0 Å². The van der Waals surface area contributed by atoms with Gasteiger partial charge in [-0.15, -0.1) is 0 Å². The summed E-state index contributed by atoms with van der Waals surface area (Å²) in [6.07, 6.45) is 0.850. The van der Waals surface area contributed by atoms with Gasteiger partial charge < -0.3 is 14.8 Å². The second-order valence-electron chi connectivity index (χ2n) is 4.25. The first-order valence-electron chi connectivity index (χ1n) is 5.35. The molecule has 0 heterocycles. The van der Waals surface area contributed by atoms with Gasteiger partial charge in [0.2, 0.25) is 0 Å². The number of hydrogen-bond acceptors (Lipinski definition) is 4. The van der Waals surface area contributed by atoms with Crippen molar-refractivity contribution < 1.29 is 14.3 Å². The Morgan fingerprint density at radius 2 is 2.07 bits per heavy atom. The standard InChI is InChI=1S/C11H23NO3/c1-6-15-10(13)8-12-9(2)7-11(3,4)14-5/h9,12H,6-8H2,1-5H3. The van der Waals surface area contributed by atoms with E-state index in [1.165, 1.54) is 0 Å². The molecule has 0 aliphatic carbocycles. The SMILES string of the molecule is CCOC(=O)CNC(C)CC(C)(C)OC. The highest BCUT2D eigenvalue weighted by Crippen LogP contribution is 2.14. The number of carbonyl (C=O) groups excluding carboxylic acids is 1. The summed E-state index contributed by atoms with van der Waals surface area (Å²) in [5.74, 6) is -0.209. The van der Waals surface area contributed by atoms with Crippen LogP contribution in [0.15, 0.2) is 0 Å². The molecular formula is C11H23NO3. The molecular weight excluding hydrogens is 194 g/mol. The van der Waals surface area contributed by atoms with Gasteiger partial charge in [0.25, 0.3) is 0 Å². The summed E-state index contributed by atoms with van der Waals surface area (Å²) in [5.41, 5.74) is -0.166. The molecule has 0 aromatic carbocycles. The summed E-state index contributed by atoms with van der Waals surface area (Å²) < 4.78 is 10.1. The highest BCUT2D eigenvalue weighted by atomic mass is 16.5. The summed E-state index contributed by atoms with van der Waals surface area (Å²) in [6.45, 7) is 8.56. The van der Waals surface area contributed by atoms with Crippen LogP contribution in [0, 0.1) is 0 Å². The summed E-state index contributed by atoms with van der Waals surface area (Å²) in [6, 6.07) is 0.226. The van der Waals surface area contributed by atoms with Crippen molar-refractivity contribution in [2.24, 2.45) is 0 Å². The van der Waals surface area contributed by atoms with Crippen LogP contribution in [0.4, 0.5) is 0 Å². The van der Waals surface area contributed by atoms with Crippen molar-refractivity contribution >= 4 is 5.97 Å². The quantitative estimate of drug-likeness (QED) is 0.654. The average molecular weight is 217 g/mol. The number of carbonyl (C=O) groups is 1. The fourth-order valence-corrected chi connectivity index (χ4v) is 1.36. The Balaban J connectivity index is 3.75. The van der Waals surface area contributed by atoms with Crippen LogP contribution in [-0.4, -0.2) is 37.9 Å². The molecule has 0 aliphatic rings. The first-order chi connectivity index (χ1) is 6.91. The van der Waals surface area contributed by atoms with Gasteiger partial charge in [-0.05, 0) is 34.1 Å². The van der Waals surface area contributed by atoms with Gasteiger partial charge in [0.1, 0.15) is 0 Å². The minimum atomic E-state index is -0.209. The summed E-state index contributed by atoms with van der Waals surface area (Å²) in [7, 11) is 1.69. The smallest absolute Gasteiger partial charge is 0.319 e. The van der Waals surface area contributed by atoms with Crippen LogP contribution in [-0.2, 0) is 14.3 Å². The third-order valence-electron chi connectivity index (χ3n) is 2.25. The average Bonchev–Trinajstić information content (AvgIpc) is 2.15. The van der Waals surface area contributed by atoms with E-state index in [1.807, 2.05) is 20.8 Å². The van der Waals surface area contributed by atoms with E-state index in [0.717, 1.165) is 6.42 Å². The molecule has 0 amide bonds. The maximum atomic E-state index is 11.1. The zero-order valence-corrected chi connectivity index (χ0v) is 10.4. The molecule has 4 nitrogen and oxygen atoms in total. The van der Waals surface area contributed by atoms with Crippen molar-refractivity contribution in [2.75, 3.05) is 20.3 Å². The number of ether oxygens (including phenoxy) is 2. The minimum absolute atomic E-state index is 0.166. The normalized spacial score (nSPS) is 13.7. The van der Waals surface area contributed by atoms with Crippen LogP contribution in [0.3, 0.4) is 0 Å². The molecule has 0 radical (unpaired) electrons. The first-order valence-corrected chi connectivity index (χ1v) is 5.35. The lowest BCUT2D eigenvalue weighted by atomic mass is 10.00. The van der Waals surface area contributed by atoms with Crippen molar-refractivity contribution in [2.45, 2.75) is 45.8 Å². The Kier molecular flexibility index (Phi) is 6.52. The maximum absolute atomic E-state index is 11.1. The van der Waals surface area contributed by atoms with Crippen LogP contribution >= 0.6 is 0 Å². The third kappa shape index (κ3) is 7.33. The molecule has 4 heteroatoms. The molecule has 0 spiro atoms. The van der Waals surface area contributed by atoms with Crippen molar-refractivity contribution in [1.82, 2.24) is 5.32 Å². The van der Waals surface area contributed by atoms with Gasteiger partial charge in [-0.25, -0.2) is 0 Å². The van der Waals surface area contributed by atoms with E-state index >= 15 is 0 Å². The van der Waals surface area contributed by atoms with Gasteiger partial charge in [-0.1, -0.05) is 0 Å². The Labute approximate surface area is 92.3 Å². The lowest BCUT2D eigenvalue weighted by molar-refractivity contribution is -0.142.